The van der Waals surface area contributed by atoms with E-state index < -0.39 is 5.91 Å². The molecule has 5 heterocycles. The molecule has 5 rings (SSSR count). The molecule has 10 nitrogen and oxygen atoms in total. The van der Waals surface area contributed by atoms with Crippen LogP contribution in [0.1, 0.15) is 35.7 Å². The number of halogens is 1. The van der Waals surface area contributed by atoms with Crippen LogP contribution in [0.25, 0.3) is 17.3 Å². The van der Waals surface area contributed by atoms with E-state index in [1.165, 1.54) is 12.1 Å². The first-order valence-corrected chi connectivity index (χ1v) is 12.8. The number of rotatable bonds is 7. The quantitative estimate of drug-likeness (QED) is 0.444. The molecule has 12 heteroatoms. The maximum atomic E-state index is 14.3. The minimum absolute atomic E-state index is 0.325. The zero-order valence-electron chi connectivity index (χ0n) is 20.5. The van der Waals surface area contributed by atoms with Crippen molar-refractivity contribution in [2.45, 2.75) is 33.2 Å². The highest BCUT2D eigenvalue weighted by atomic mass is 32.2. The van der Waals surface area contributed by atoms with Crippen LogP contribution in [0, 0.1) is 25.6 Å². The number of nitrogens with zero attached hydrogens (tertiary/aromatic N) is 5. The third-order valence-corrected chi connectivity index (χ3v) is 7.17. The molecule has 0 aliphatic carbocycles. The molecule has 0 bridgehead atoms. The lowest BCUT2D eigenvalue weighted by atomic mass is 9.97. The highest BCUT2D eigenvalue weighted by Crippen LogP contribution is 2.27. The minimum Gasteiger partial charge on any atom is -0.361 e. The van der Waals surface area contributed by atoms with Crippen molar-refractivity contribution >= 4 is 34.9 Å². The molecule has 37 heavy (non-hydrogen) atoms. The Morgan fingerprint density at radius 2 is 2.05 bits per heavy atom. The van der Waals surface area contributed by atoms with Gasteiger partial charge in [0.2, 0.25) is 5.95 Å². The largest absolute Gasteiger partial charge is 0.361 e. The predicted molar refractivity (Wildman–Crippen MR) is 137 cm³/mol. The third kappa shape index (κ3) is 5.86. The molecular formula is C25H26FN7O3S. The van der Waals surface area contributed by atoms with Crippen molar-refractivity contribution in [1.29, 1.82) is 0 Å². The first-order valence-electron chi connectivity index (χ1n) is 12.0. The highest BCUT2D eigenvalue weighted by Gasteiger charge is 2.26. The molecule has 3 aromatic rings. The Bertz CT molecular complexity index is 1350. The molecule has 0 radical (unpaired) electrons. The van der Waals surface area contributed by atoms with E-state index >= 15 is 0 Å². The number of aromatic nitrogens is 4. The molecule has 0 saturated carbocycles. The number of pyridine rings is 1. The molecule has 2 fully saturated rings. The summed E-state index contributed by atoms with van der Waals surface area (Å²) >= 11 is 0.866. The first kappa shape index (κ1) is 25.0. The number of aryl methyl sites for hydroxylation is 2. The van der Waals surface area contributed by atoms with E-state index in [2.05, 4.69) is 35.6 Å². The summed E-state index contributed by atoms with van der Waals surface area (Å²) in [5, 5.41) is 9.22. The van der Waals surface area contributed by atoms with Crippen molar-refractivity contribution in [3.05, 3.63) is 58.0 Å². The standard InChI is InChI=1S/C25H26FN7O3S/c1-14-22(15(2)36-32-14)20-10-17(26)9-19(29-20)13-27-12-16-4-7-33(8-5-16)24-28-6-3-18(30-24)11-21-23(34)31-25(35)37-21/h3,6,9-11,16,27H,4-5,7-8,12-13H2,1-2H3,(H,31,34,35)/b21-11-. The van der Waals surface area contributed by atoms with E-state index in [0.29, 0.717) is 51.9 Å². The Balaban J connectivity index is 1.14. The molecule has 3 aromatic heterocycles. The van der Waals surface area contributed by atoms with E-state index in [1.54, 1.807) is 25.3 Å². The molecule has 2 aliphatic rings. The number of carbonyl (C=O) groups is 2. The van der Waals surface area contributed by atoms with E-state index in [9.17, 15) is 14.0 Å². The van der Waals surface area contributed by atoms with Crippen molar-refractivity contribution in [3.63, 3.8) is 0 Å². The van der Waals surface area contributed by atoms with Gasteiger partial charge in [0.1, 0.15) is 11.6 Å². The van der Waals surface area contributed by atoms with Crippen LogP contribution < -0.4 is 15.5 Å². The molecule has 2 aliphatic heterocycles. The van der Waals surface area contributed by atoms with Gasteiger partial charge >= 0.3 is 0 Å². The average molecular weight is 524 g/mol. The summed E-state index contributed by atoms with van der Waals surface area (Å²) in [4.78, 5) is 39.2. The maximum Gasteiger partial charge on any atom is 0.290 e. The number of carbonyl (C=O) groups excluding carboxylic acids is 2. The highest BCUT2D eigenvalue weighted by molar-refractivity contribution is 8.18. The fraction of sp³-hybridized carbons (Fsp3) is 0.360. The van der Waals surface area contributed by atoms with Crippen LogP contribution in [-0.4, -0.2) is 50.9 Å². The number of anilines is 1. The number of nitrogens with one attached hydrogen (secondary N) is 2. The monoisotopic (exact) mass is 523 g/mol. The number of hydrogen-bond acceptors (Lipinski definition) is 10. The van der Waals surface area contributed by atoms with Crippen LogP contribution in [0.3, 0.4) is 0 Å². The predicted octanol–water partition coefficient (Wildman–Crippen LogP) is 3.61. The van der Waals surface area contributed by atoms with E-state index in [-0.39, 0.29) is 11.1 Å². The topological polar surface area (TPSA) is 126 Å². The summed E-state index contributed by atoms with van der Waals surface area (Å²) in [6.07, 6.45) is 5.17. The normalized spacial score (nSPS) is 17.6. The van der Waals surface area contributed by atoms with Gasteiger partial charge in [-0.2, -0.15) is 0 Å². The van der Waals surface area contributed by atoms with Gasteiger partial charge in [0, 0.05) is 31.9 Å². The zero-order chi connectivity index (χ0) is 25.9. The summed E-state index contributed by atoms with van der Waals surface area (Å²) in [5.74, 6) is 0.932. The molecule has 2 amide bonds. The number of hydrogen-bond donors (Lipinski definition) is 2. The number of amides is 2. The third-order valence-electron chi connectivity index (χ3n) is 6.35. The lowest BCUT2D eigenvalue weighted by molar-refractivity contribution is -0.115. The number of imide groups is 1. The van der Waals surface area contributed by atoms with Gasteiger partial charge in [-0.3, -0.25) is 19.9 Å². The maximum absolute atomic E-state index is 14.3. The van der Waals surface area contributed by atoms with Crippen molar-refractivity contribution in [1.82, 2.24) is 30.7 Å². The second-order valence-electron chi connectivity index (χ2n) is 9.06. The van der Waals surface area contributed by atoms with Crippen LogP contribution in [0.4, 0.5) is 15.1 Å². The lowest BCUT2D eigenvalue weighted by Crippen LogP contribution is -2.38. The van der Waals surface area contributed by atoms with Gasteiger partial charge in [0.05, 0.1) is 33.2 Å². The van der Waals surface area contributed by atoms with Crippen molar-refractivity contribution < 1.29 is 18.5 Å². The molecule has 0 spiro atoms. The fourth-order valence-electron chi connectivity index (χ4n) is 4.51. The Kier molecular flexibility index (Phi) is 7.28. The molecule has 2 saturated heterocycles. The summed E-state index contributed by atoms with van der Waals surface area (Å²) in [6.45, 7) is 6.46. The molecule has 192 valence electrons. The minimum atomic E-state index is -0.406. The molecule has 0 atom stereocenters. The van der Waals surface area contributed by atoms with Crippen LogP contribution >= 0.6 is 11.8 Å². The fourth-order valence-corrected chi connectivity index (χ4v) is 5.18. The Morgan fingerprint density at radius 3 is 2.76 bits per heavy atom. The summed E-state index contributed by atoms with van der Waals surface area (Å²) < 4.78 is 19.5. The van der Waals surface area contributed by atoms with Crippen LogP contribution in [0.15, 0.2) is 33.8 Å². The second-order valence-corrected chi connectivity index (χ2v) is 10.1. The summed E-state index contributed by atoms with van der Waals surface area (Å²) in [6, 6.07) is 4.56. The smallest absolute Gasteiger partial charge is 0.290 e. The SMILES string of the molecule is Cc1noc(C)c1-c1cc(F)cc(CNCC2CCN(c3nccc(/C=C4\SC(=O)NC4=O)n3)CC2)n1. The lowest BCUT2D eigenvalue weighted by Gasteiger charge is -2.32. The van der Waals surface area contributed by atoms with E-state index in [0.717, 1.165) is 49.8 Å². The van der Waals surface area contributed by atoms with Gasteiger partial charge in [-0.05, 0) is 69.1 Å². The zero-order valence-corrected chi connectivity index (χ0v) is 21.3. The molecular weight excluding hydrogens is 497 g/mol. The van der Waals surface area contributed by atoms with Gasteiger partial charge in [-0.25, -0.2) is 14.4 Å². The Hall–Kier alpha value is -3.64. The van der Waals surface area contributed by atoms with Crippen LogP contribution in [0.2, 0.25) is 0 Å². The Morgan fingerprint density at radius 1 is 1.24 bits per heavy atom. The summed E-state index contributed by atoms with van der Waals surface area (Å²) in [5.41, 5.74) is 3.15. The van der Waals surface area contributed by atoms with Gasteiger partial charge in [-0.1, -0.05) is 5.16 Å². The van der Waals surface area contributed by atoms with Crippen molar-refractivity contribution in [3.8, 4) is 11.3 Å². The number of piperidine rings is 1. The Labute approximate surface area is 217 Å². The molecule has 2 N–H and O–H groups in total. The average Bonchev–Trinajstić information content (AvgIpc) is 3.38. The number of thioether (sulfide) groups is 1. The molecule has 0 unspecified atom stereocenters. The van der Waals surface area contributed by atoms with Crippen LogP contribution in [-0.2, 0) is 11.3 Å². The summed E-state index contributed by atoms with van der Waals surface area (Å²) in [7, 11) is 0. The van der Waals surface area contributed by atoms with E-state index in [1.807, 2.05) is 6.92 Å². The van der Waals surface area contributed by atoms with Crippen molar-refractivity contribution in [2.24, 2.45) is 5.92 Å². The van der Waals surface area contributed by atoms with Gasteiger partial charge in [-0.15, -0.1) is 0 Å². The van der Waals surface area contributed by atoms with Gasteiger partial charge < -0.3 is 14.7 Å². The first-order chi connectivity index (χ1) is 17.9. The van der Waals surface area contributed by atoms with Gasteiger partial charge in [0.25, 0.3) is 11.1 Å². The molecule has 0 aromatic carbocycles. The van der Waals surface area contributed by atoms with Crippen LogP contribution in [0.5, 0.6) is 0 Å². The second kappa shape index (κ2) is 10.8. The van der Waals surface area contributed by atoms with E-state index in [4.69, 9.17) is 4.52 Å². The van der Waals surface area contributed by atoms with Gasteiger partial charge in [0.15, 0.2) is 0 Å². The van der Waals surface area contributed by atoms with Crippen molar-refractivity contribution in [2.75, 3.05) is 24.5 Å².